The van der Waals surface area contributed by atoms with Crippen LogP contribution >= 0.6 is 0 Å². The van der Waals surface area contributed by atoms with Gasteiger partial charge in [-0.1, -0.05) is 19.1 Å². The highest BCUT2D eigenvalue weighted by Gasteiger charge is 2.26. The van der Waals surface area contributed by atoms with Crippen LogP contribution in [0.5, 0.6) is 5.75 Å². The number of amides is 1. The molecular weight excluding hydrogens is 364 g/mol. The number of nitrogens with zero attached hydrogens (tertiary/aromatic N) is 2. The van der Waals surface area contributed by atoms with Crippen LogP contribution < -0.4 is 4.74 Å². The summed E-state index contributed by atoms with van der Waals surface area (Å²) in [5.41, 5.74) is 1.91. The third-order valence-corrected chi connectivity index (χ3v) is 6.44. The van der Waals surface area contributed by atoms with E-state index in [1.807, 2.05) is 23.1 Å². The molecule has 0 N–H and O–H groups in total. The van der Waals surface area contributed by atoms with E-state index < -0.39 is 10.0 Å². The topological polar surface area (TPSA) is 66.9 Å². The van der Waals surface area contributed by atoms with Gasteiger partial charge in [-0.05, 0) is 43.2 Å². The van der Waals surface area contributed by atoms with Crippen LogP contribution in [0.2, 0.25) is 0 Å². The predicted octanol–water partition coefficient (Wildman–Crippen LogP) is 2.42. The normalized spacial score (nSPS) is 17.7. The van der Waals surface area contributed by atoms with Crippen LogP contribution in [0, 0.1) is 5.92 Å². The molecule has 1 aromatic carbocycles. The van der Waals surface area contributed by atoms with E-state index in [9.17, 15) is 13.2 Å². The average Bonchev–Trinajstić information content (AvgIpc) is 3.44. The summed E-state index contributed by atoms with van der Waals surface area (Å²) in [6.45, 7) is 4.86. The van der Waals surface area contributed by atoms with Crippen LogP contribution in [0.3, 0.4) is 0 Å². The molecule has 0 atom stereocenters. The molecular formula is C20H30N2O4S. The third kappa shape index (κ3) is 5.69. The second-order valence-corrected chi connectivity index (χ2v) is 9.65. The summed E-state index contributed by atoms with van der Waals surface area (Å²) in [5.74, 6) is 1.65. The standard InChI is InChI=1S/C20H30N2O4S/c1-3-10-21(14-17-4-5-17)20(23)9-7-16-6-8-19-18(13-16)15-22(11-12-26-19)27(2,24)25/h6,8,13,17H,3-5,7,9-12,14-15H2,1-2H3. The first-order chi connectivity index (χ1) is 12.9. The number of hydrogen-bond donors (Lipinski definition) is 0. The molecule has 1 aliphatic carbocycles. The molecule has 0 bridgehead atoms. The van der Waals surface area contributed by atoms with E-state index in [0.29, 0.717) is 38.5 Å². The van der Waals surface area contributed by atoms with E-state index in [4.69, 9.17) is 4.74 Å². The molecule has 0 radical (unpaired) electrons. The number of ether oxygens (including phenoxy) is 1. The fourth-order valence-electron chi connectivity index (χ4n) is 3.47. The molecule has 1 heterocycles. The third-order valence-electron chi connectivity index (χ3n) is 5.19. The van der Waals surface area contributed by atoms with Gasteiger partial charge in [-0.3, -0.25) is 4.79 Å². The molecule has 3 rings (SSSR count). The van der Waals surface area contributed by atoms with Crippen LogP contribution in [-0.2, 0) is 27.8 Å². The average molecular weight is 395 g/mol. The first kappa shape index (κ1) is 20.1. The van der Waals surface area contributed by atoms with Gasteiger partial charge in [0, 0.05) is 38.2 Å². The van der Waals surface area contributed by atoms with Crippen molar-refractivity contribution in [3.8, 4) is 5.75 Å². The Hall–Kier alpha value is -1.60. The highest BCUT2D eigenvalue weighted by molar-refractivity contribution is 7.88. The van der Waals surface area contributed by atoms with Crippen LogP contribution in [0.1, 0.15) is 43.7 Å². The maximum Gasteiger partial charge on any atom is 0.222 e. The van der Waals surface area contributed by atoms with Crippen molar-refractivity contribution in [2.24, 2.45) is 5.92 Å². The Morgan fingerprint density at radius 2 is 2.11 bits per heavy atom. The Balaban J connectivity index is 1.64. The van der Waals surface area contributed by atoms with Crippen LogP contribution in [0.25, 0.3) is 0 Å². The van der Waals surface area contributed by atoms with Gasteiger partial charge in [0.2, 0.25) is 15.9 Å². The summed E-state index contributed by atoms with van der Waals surface area (Å²) in [6.07, 6.45) is 5.85. The lowest BCUT2D eigenvalue weighted by molar-refractivity contribution is -0.131. The molecule has 1 fully saturated rings. The summed E-state index contributed by atoms with van der Waals surface area (Å²) < 4.78 is 30.9. The molecule has 150 valence electrons. The highest BCUT2D eigenvalue weighted by atomic mass is 32.2. The van der Waals surface area contributed by atoms with E-state index in [2.05, 4.69) is 6.92 Å². The van der Waals surface area contributed by atoms with Gasteiger partial charge < -0.3 is 9.64 Å². The maximum atomic E-state index is 12.6. The minimum Gasteiger partial charge on any atom is -0.492 e. The molecule has 1 aliphatic heterocycles. The van der Waals surface area contributed by atoms with Crippen molar-refractivity contribution in [1.29, 1.82) is 0 Å². The number of rotatable bonds is 8. The molecule has 1 aromatic rings. The lowest BCUT2D eigenvalue weighted by Gasteiger charge is -2.22. The van der Waals surface area contributed by atoms with E-state index in [1.54, 1.807) is 0 Å². The van der Waals surface area contributed by atoms with Crippen molar-refractivity contribution >= 4 is 15.9 Å². The minimum absolute atomic E-state index is 0.215. The van der Waals surface area contributed by atoms with Crippen molar-refractivity contribution in [2.75, 3.05) is 32.5 Å². The van der Waals surface area contributed by atoms with Crippen molar-refractivity contribution in [1.82, 2.24) is 9.21 Å². The molecule has 6 nitrogen and oxygen atoms in total. The minimum atomic E-state index is -3.26. The van der Waals surface area contributed by atoms with Gasteiger partial charge in [0.1, 0.15) is 12.4 Å². The molecule has 2 aliphatic rings. The number of aryl methyl sites for hydroxylation is 1. The summed E-state index contributed by atoms with van der Waals surface area (Å²) in [7, 11) is -3.26. The molecule has 7 heteroatoms. The number of hydrogen-bond acceptors (Lipinski definition) is 4. The van der Waals surface area contributed by atoms with Gasteiger partial charge in [-0.2, -0.15) is 4.31 Å². The maximum absolute atomic E-state index is 12.6. The Bertz CT molecular complexity index is 774. The number of fused-ring (bicyclic) bond motifs is 1. The van der Waals surface area contributed by atoms with Gasteiger partial charge in [-0.15, -0.1) is 0 Å². The van der Waals surface area contributed by atoms with E-state index in [0.717, 1.165) is 36.4 Å². The second kappa shape index (κ2) is 8.61. The van der Waals surface area contributed by atoms with E-state index in [1.165, 1.54) is 23.4 Å². The second-order valence-electron chi connectivity index (χ2n) is 7.67. The highest BCUT2D eigenvalue weighted by Crippen LogP contribution is 2.30. The fraction of sp³-hybridized carbons (Fsp3) is 0.650. The first-order valence-electron chi connectivity index (χ1n) is 9.84. The van der Waals surface area contributed by atoms with Gasteiger partial charge in [0.15, 0.2) is 0 Å². The Labute approximate surface area is 162 Å². The Morgan fingerprint density at radius 3 is 2.78 bits per heavy atom. The van der Waals surface area contributed by atoms with Crippen molar-refractivity contribution in [3.63, 3.8) is 0 Å². The van der Waals surface area contributed by atoms with Crippen LogP contribution in [-0.4, -0.2) is 56.0 Å². The summed E-state index contributed by atoms with van der Waals surface area (Å²) in [6, 6.07) is 5.86. The largest absolute Gasteiger partial charge is 0.492 e. The molecule has 1 amide bonds. The zero-order valence-corrected chi connectivity index (χ0v) is 17.1. The lowest BCUT2D eigenvalue weighted by atomic mass is 10.0. The van der Waals surface area contributed by atoms with E-state index in [-0.39, 0.29) is 5.91 Å². The predicted molar refractivity (Wildman–Crippen MR) is 105 cm³/mol. The fourth-order valence-corrected chi connectivity index (χ4v) is 4.25. The Kier molecular flexibility index (Phi) is 6.42. The molecule has 1 saturated carbocycles. The zero-order valence-electron chi connectivity index (χ0n) is 16.3. The van der Waals surface area contributed by atoms with Crippen LogP contribution in [0.15, 0.2) is 18.2 Å². The monoisotopic (exact) mass is 394 g/mol. The van der Waals surface area contributed by atoms with Gasteiger partial charge in [0.05, 0.1) is 6.26 Å². The molecule has 0 aromatic heterocycles. The van der Waals surface area contributed by atoms with Gasteiger partial charge >= 0.3 is 0 Å². The number of benzene rings is 1. The van der Waals surface area contributed by atoms with Gasteiger partial charge in [0.25, 0.3) is 0 Å². The quantitative estimate of drug-likeness (QED) is 0.679. The van der Waals surface area contributed by atoms with Crippen LogP contribution in [0.4, 0.5) is 0 Å². The van der Waals surface area contributed by atoms with Crippen molar-refractivity contribution < 1.29 is 17.9 Å². The number of carbonyl (C=O) groups is 1. The van der Waals surface area contributed by atoms with Gasteiger partial charge in [-0.25, -0.2) is 8.42 Å². The Morgan fingerprint density at radius 1 is 1.33 bits per heavy atom. The lowest BCUT2D eigenvalue weighted by Crippen LogP contribution is -2.33. The number of carbonyl (C=O) groups excluding carboxylic acids is 1. The van der Waals surface area contributed by atoms with Crippen molar-refractivity contribution in [2.45, 2.75) is 45.6 Å². The summed E-state index contributed by atoms with van der Waals surface area (Å²) in [5, 5.41) is 0. The smallest absolute Gasteiger partial charge is 0.222 e. The molecule has 0 spiro atoms. The summed E-state index contributed by atoms with van der Waals surface area (Å²) in [4.78, 5) is 14.6. The molecule has 0 saturated heterocycles. The van der Waals surface area contributed by atoms with E-state index >= 15 is 0 Å². The van der Waals surface area contributed by atoms with Crippen molar-refractivity contribution in [3.05, 3.63) is 29.3 Å². The molecule has 0 unspecified atom stereocenters. The molecule has 27 heavy (non-hydrogen) atoms. The first-order valence-corrected chi connectivity index (χ1v) is 11.7. The summed E-state index contributed by atoms with van der Waals surface area (Å²) >= 11 is 0. The number of sulfonamides is 1. The zero-order chi connectivity index (χ0) is 19.4. The SMILES string of the molecule is CCCN(CC1CC1)C(=O)CCc1ccc2c(c1)CN(S(C)(=O)=O)CCO2.